The molecule has 4 nitrogen and oxygen atoms in total. The predicted octanol–water partition coefficient (Wildman–Crippen LogP) is 1.57. The number of methoxy groups -OCH3 is 1. The van der Waals surface area contributed by atoms with E-state index in [1.165, 1.54) is 12.8 Å². The van der Waals surface area contributed by atoms with E-state index in [9.17, 15) is 4.79 Å². The van der Waals surface area contributed by atoms with E-state index in [-0.39, 0.29) is 17.9 Å². The van der Waals surface area contributed by atoms with Gasteiger partial charge in [0.15, 0.2) is 0 Å². The lowest BCUT2D eigenvalue weighted by Gasteiger charge is -2.11. The monoisotopic (exact) mass is 273 g/mol. The van der Waals surface area contributed by atoms with Gasteiger partial charge in [-0.3, -0.25) is 4.79 Å². The maximum absolute atomic E-state index is 12.1. The first-order valence-electron chi connectivity index (χ1n) is 6.64. The first kappa shape index (κ1) is 14.4. The van der Waals surface area contributed by atoms with Crippen molar-refractivity contribution in [3.05, 3.63) is 29.3 Å². The molecule has 20 heavy (non-hydrogen) atoms. The van der Waals surface area contributed by atoms with Crippen LogP contribution in [0.3, 0.4) is 0 Å². The van der Waals surface area contributed by atoms with Crippen LogP contribution >= 0.6 is 0 Å². The molecule has 1 aliphatic carbocycles. The maximum atomic E-state index is 12.1. The summed E-state index contributed by atoms with van der Waals surface area (Å²) >= 11 is 0. The molecule has 0 atom stereocenters. The SMILES string of the molecule is COc1ccc(C(=O)NCC2(C)CC2)cc1C#CCO. The fourth-order valence-electron chi connectivity index (χ4n) is 1.87. The smallest absolute Gasteiger partial charge is 0.251 e. The number of aliphatic hydroxyl groups excluding tert-OH is 1. The summed E-state index contributed by atoms with van der Waals surface area (Å²) in [6.07, 6.45) is 2.34. The molecule has 0 spiro atoms. The van der Waals surface area contributed by atoms with Gasteiger partial charge in [-0.15, -0.1) is 0 Å². The zero-order valence-electron chi connectivity index (χ0n) is 11.8. The fraction of sp³-hybridized carbons (Fsp3) is 0.438. The first-order valence-corrected chi connectivity index (χ1v) is 6.64. The Balaban J connectivity index is 2.12. The second-order valence-electron chi connectivity index (χ2n) is 5.37. The number of ether oxygens (including phenoxy) is 1. The van der Waals surface area contributed by atoms with Gasteiger partial charge in [0.25, 0.3) is 5.91 Å². The molecule has 0 aromatic heterocycles. The minimum Gasteiger partial charge on any atom is -0.495 e. The highest BCUT2D eigenvalue weighted by Crippen LogP contribution is 2.44. The second-order valence-corrected chi connectivity index (χ2v) is 5.37. The van der Waals surface area contributed by atoms with Crippen LogP contribution in [0, 0.1) is 17.3 Å². The van der Waals surface area contributed by atoms with E-state index in [0.29, 0.717) is 23.4 Å². The van der Waals surface area contributed by atoms with E-state index in [0.717, 1.165) is 0 Å². The average Bonchev–Trinajstić information content (AvgIpc) is 3.20. The summed E-state index contributed by atoms with van der Waals surface area (Å²) in [6, 6.07) is 5.12. The van der Waals surface area contributed by atoms with E-state index in [4.69, 9.17) is 9.84 Å². The summed E-state index contributed by atoms with van der Waals surface area (Å²) in [5.41, 5.74) is 1.44. The molecule has 1 fully saturated rings. The zero-order chi connectivity index (χ0) is 14.6. The van der Waals surface area contributed by atoms with Gasteiger partial charge in [-0.1, -0.05) is 18.8 Å². The van der Waals surface area contributed by atoms with Crippen molar-refractivity contribution in [3.8, 4) is 17.6 Å². The number of carbonyl (C=O) groups excluding carboxylic acids is 1. The Bertz CT molecular complexity index is 565. The molecule has 0 aliphatic heterocycles. The molecule has 0 heterocycles. The zero-order valence-corrected chi connectivity index (χ0v) is 11.8. The minimum absolute atomic E-state index is 0.104. The van der Waals surface area contributed by atoms with Crippen LogP contribution in [0.5, 0.6) is 5.75 Å². The average molecular weight is 273 g/mol. The number of amides is 1. The van der Waals surface area contributed by atoms with Gasteiger partial charge < -0.3 is 15.2 Å². The lowest BCUT2D eigenvalue weighted by atomic mass is 10.1. The number of nitrogens with one attached hydrogen (secondary N) is 1. The third-order valence-corrected chi connectivity index (χ3v) is 3.54. The van der Waals surface area contributed by atoms with Crippen molar-refractivity contribution in [2.45, 2.75) is 19.8 Å². The van der Waals surface area contributed by atoms with Crippen molar-refractivity contribution < 1.29 is 14.6 Å². The molecule has 1 aromatic carbocycles. The Morgan fingerprint density at radius 3 is 2.85 bits per heavy atom. The summed E-state index contributed by atoms with van der Waals surface area (Å²) in [4.78, 5) is 12.1. The molecule has 1 saturated carbocycles. The van der Waals surface area contributed by atoms with E-state index >= 15 is 0 Å². The first-order chi connectivity index (χ1) is 9.58. The van der Waals surface area contributed by atoms with Crippen LogP contribution in [0.4, 0.5) is 0 Å². The molecule has 0 saturated heterocycles. The van der Waals surface area contributed by atoms with Gasteiger partial charge in [0.1, 0.15) is 12.4 Å². The van der Waals surface area contributed by atoms with Crippen molar-refractivity contribution in [2.75, 3.05) is 20.3 Å². The maximum Gasteiger partial charge on any atom is 0.251 e. The predicted molar refractivity (Wildman–Crippen MR) is 76.6 cm³/mol. The van der Waals surface area contributed by atoms with E-state index in [1.807, 2.05) is 0 Å². The number of aliphatic hydroxyl groups is 1. The van der Waals surface area contributed by atoms with E-state index < -0.39 is 0 Å². The summed E-state index contributed by atoms with van der Waals surface area (Å²) in [7, 11) is 1.55. The highest BCUT2D eigenvalue weighted by Gasteiger charge is 2.37. The Kier molecular flexibility index (Phi) is 4.31. The molecule has 1 aromatic rings. The van der Waals surface area contributed by atoms with Gasteiger partial charge in [0.05, 0.1) is 12.7 Å². The number of rotatable bonds is 4. The lowest BCUT2D eigenvalue weighted by molar-refractivity contribution is 0.0946. The molecule has 0 radical (unpaired) electrons. The van der Waals surface area contributed by atoms with E-state index in [2.05, 4.69) is 24.1 Å². The van der Waals surface area contributed by atoms with Crippen LogP contribution in [-0.2, 0) is 0 Å². The molecule has 2 rings (SSSR count). The summed E-state index contributed by atoms with van der Waals surface area (Å²) in [6.45, 7) is 2.65. The molecule has 4 heteroatoms. The Hall–Kier alpha value is -1.99. The standard InChI is InChI=1S/C16H19NO3/c1-16(7-8-16)11-17-15(19)13-5-6-14(20-2)12(10-13)4-3-9-18/h5-6,10,18H,7-9,11H2,1-2H3,(H,17,19). The van der Waals surface area contributed by atoms with Gasteiger partial charge in [-0.05, 0) is 36.5 Å². The largest absolute Gasteiger partial charge is 0.495 e. The van der Waals surface area contributed by atoms with Gasteiger partial charge in [-0.25, -0.2) is 0 Å². The Morgan fingerprint density at radius 2 is 2.25 bits per heavy atom. The molecule has 0 unspecified atom stereocenters. The lowest BCUT2D eigenvalue weighted by Crippen LogP contribution is -2.29. The summed E-state index contributed by atoms with van der Waals surface area (Å²) < 4.78 is 5.19. The van der Waals surface area contributed by atoms with Crippen LogP contribution in [0.2, 0.25) is 0 Å². The van der Waals surface area contributed by atoms with Crippen LogP contribution < -0.4 is 10.1 Å². The molecular formula is C16H19NO3. The summed E-state index contributed by atoms with van der Waals surface area (Å²) in [5.74, 6) is 5.84. The topological polar surface area (TPSA) is 58.6 Å². The van der Waals surface area contributed by atoms with E-state index in [1.54, 1.807) is 25.3 Å². The highest BCUT2D eigenvalue weighted by molar-refractivity contribution is 5.94. The van der Waals surface area contributed by atoms with Gasteiger partial charge >= 0.3 is 0 Å². The fourth-order valence-corrected chi connectivity index (χ4v) is 1.87. The quantitative estimate of drug-likeness (QED) is 0.819. The number of benzene rings is 1. The third-order valence-electron chi connectivity index (χ3n) is 3.54. The van der Waals surface area contributed by atoms with Crippen molar-refractivity contribution in [2.24, 2.45) is 5.41 Å². The second kappa shape index (κ2) is 5.98. The van der Waals surface area contributed by atoms with Crippen molar-refractivity contribution in [1.82, 2.24) is 5.32 Å². The highest BCUT2D eigenvalue weighted by atomic mass is 16.5. The van der Waals surface area contributed by atoms with Gasteiger partial charge in [0, 0.05) is 12.1 Å². The van der Waals surface area contributed by atoms with Crippen molar-refractivity contribution in [1.29, 1.82) is 0 Å². The minimum atomic E-state index is -0.224. The molecule has 1 aliphatic rings. The van der Waals surface area contributed by atoms with Crippen LogP contribution in [0.1, 0.15) is 35.7 Å². The van der Waals surface area contributed by atoms with Gasteiger partial charge in [-0.2, -0.15) is 0 Å². The number of hydrogen-bond donors (Lipinski definition) is 2. The third kappa shape index (κ3) is 3.52. The Morgan fingerprint density at radius 1 is 1.50 bits per heavy atom. The van der Waals surface area contributed by atoms with Crippen LogP contribution in [0.15, 0.2) is 18.2 Å². The van der Waals surface area contributed by atoms with Gasteiger partial charge in [0.2, 0.25) is 0 Å². The van der Waals surface area contributed by atoms with Crippen molar-refractivity contribution in [3.63, 3.8) is 0 Å². The van der Waals surface area contributed by atoms with Crippen LogP contribution in [-0.4, -0.2) is 31.3 Å². The van der Waals surface area contributed by atoms with Crippen LogP contribution in [0.25, 0.3) is 0 Å². The molecule has 2 N–H and O–H groups in total. The molecular weight excluding hydrogens is 254 g/mol. The number of carbonyl (C=O) groups is 1. The molecule has 0 bridgehead atoms. The molecule has 1 amide bonds. The summed E-state index contributed by atoms with van der Waals surface area (Å²) in [5, 5.41) is 11.7. The molecule has 106 valence electrons. The number of hydrogen-bond acceptors (Lipinski definition) is 3. The Labute approximate surface area is 119 Å². The van der Waals surface area contributed by atoms with Crippen molar-refractivity contribution >= 4 is 5.91 Å². The normalized spacial score (nSPS) is 14.9.